The minimum atomic E-state index is -2.98. The normalized spacial score (nSPS) is 10.3. The first-order chi connectivity index (χ1) is 11.9. The Labute approximate surface area is 142 Å². The maximum absolute atomic E-state index is 12.4. The summed E-state index contributed by atoms with van der Waals surface area (Å²) >= 11 is 0. The van der Waals surface area contributed by atoms with Gasteiger partial charge in [-0.15, -0.1) is 0 Å². The van der Waals surface area contributed by atoms with Crippen LogP contribution in [0.3, 0.4) is 0 Å². The number of nitrogens with one attached hydrogen (secondary N) is 2. The molecule has 2 N–H and O–H groups in total. The molecule has 0 aliphatic carbocycles. The summed E-state index contributed by atoms with van der Waals surface area (Å²) in [6, 6.07) is 10.1. The largest absolute Gasteiger partial charge is 0.495 e. The summed E-state index contributed by atoms with van der Waals surface area (Å²) in [5.41, 5.74) is 0.919. The Morgan fingerprint density at radius 3 is 2.48 bits per heavy atom. The van der Waals surface area contributed by atoms with Crippen molar-refractivity contribution >= 4 is 23.2 Å². The number of halogens is 2. The van der Waals surface area contributed by atoms with Crippen LogP contribution < -0.4 is 20.1 Å². The number of carbonyl (C=O) groups is 2. The van der Waals surface area contributed by atoms with E-state index < -0.39 is 12.5 Å². The molecule has 0 heterocycles. The highest BCUT2D eigenvalue weighted by Gasteiger charge is 2.13. The van der Waals surface area contributed by atoms with Crippen LogP contribution in [0, 0.1) is 0 Å². The van der Waals surface area contributed by atoms with Gasteiger partial charge in [0.25, 0.3) is 5.91 Å². The van der Waals surface area contributed by atoms with Crippen LogP contribution >= 0.6 is 0 Å². The Kier molecular flexibility index (Phi) is 5.89. The van der Waals surface area contributed by atoms with Crippen LogP contribution in [-0.4, -0.2) is 25.5 Å². The smallest absolute Gasteiger partial charge is 0.387 e. The summed E-state index contributed by atoms with van der Waals surface area (Å²) in [7, 11) is 1.43. The van der Waals surface area contributed by atoms with Crippen molar-refractivity contribution in [1.82, 2.24) is 0 Å². The molecule has 0 bridgehead atoms. The molecule has 8 heteroatoms. The molecule has 0 fully saturated rings. The Morgan fingerprint density at radius 2 is 1.84 bits per heavy atom. The Balaban J connectivity index is 2.23. The van der Waals surface area contributed by atoms with E-state index in [9.17, 15) is 18.4 Å². The molecule has 0 aromatic heterocycles. The fourth-order valence-corrected chi connectivity index (χ4v) is 2.09. The average Bonchev–Trinajstić information content (AvgIpc) is 2.54. The second-order valence-corrected chi connectivity index (χ2v) is 4.96. The van der Waals surface area contributed by atoms with E-state index in [0.717, 1.165) is 0 Å². The van der Waals surface area contributed by atoms with E-state index in [1.165, 1.54) is 44.4 Å². The van der Waals surface area contributed by atoms with E-state index in [0.29, 0.717) is 17.1 Å². The van der Waals surface area contributed by atoms with E-state index >= 15 is 0 Å². The maximum atomic E-state index is 12.4. The molecular weight excluding hydrogens is 334 g/mol. The molecule has 0 unspecified atom stereocenters. The maximum Gasteiger partial charge on any atom is 0.387 e. The molecule has 2 aromatic rings. The van der Waals surface area contributed by atoms with E-state index in [2.05, 4.69) is 15.4 Å². The quantitative estimate of drug-likeness (QED) is 0.836. The van der Waals surface area contributed by atoms with Gasteiger partial charge in [-0.05, 0) is 36.4 Å². The van der Waals surface area contributed by atoms with Crippen molar-refractivity contribution in [3.8, 4) is 11.5 Å². The fourth-order valence-electron chi connectivity index (χ4n) is 2.09. The van der Waals surface area contributed by atoms with Crippen LogP contribution in [0.5, 0.6) is 11.5 Å². The molecule has 2 rings (SSSR count). The molecule has 0 aliphatic rings. The summed E-state index contributed by atoms with van der Waals surface area (Å²) < 4.78 is 34.0. The monoisotopic (exact) mass is 350 g/mol. The van der Waals surface area contributed by atoms with E-state index in [1.807, 2.05) is 0 Å². The summed E-state index contributed by atoms with van der Waals surface area (Å²) in [5, 5.41) is 5.20. The van der Waals surface area contributed by atoms with Gasteiger partial charge in [-0.1, -0.05) is 6.07 Å². The van der Waals surface area contributed by atoms with Gasteiger partial charge < -0.3 is 20.1 Å². The summed E-state index contributed by atoms with van der Waals surface area (Å²) in [4.78, 5) is 23.5. The second-order valence-electron chi connectivity index (χ2n) is 4.96. The zero-order valence-electron chi connectivity index (χ0n) is 13.5. The lowest BCUT2D eigenvalue weighted by Crippen LogP contribution is -2.14. The van der Waals surface area contributed by atoms with Gasteiger partial charge in [-0.2, -0.15) is 8.78 Å². The number of carbonyl (C=O) groups excluding carboxylic acids is 2. The Hall–Kier alpha value is -3.16. The predicted molar refractivity (Wildman–Crippen MR) is 88.3 cm³/mol. The van der Waals surface area contributed by atoms with E-state index in [4.69, 9.17) is 4.74 Å². The van der Waals surface area contributed by atoms with Crippen molar-refractivity contribution in [3.63, 3.8) is 0 Å². The van der Waals surface area contributed by atoms with Crippen LogP contribution in [-0.2, 0) is 4.79 Å². The van der Waals surface area contributed by atoms with E-state index in [-0.39, 0.29) is 17.2 Å². The fraction of sp³-hybridized carbons (Fsp3) is 0.176. The first-order valence-corrected chi connectivity index (χ1v) is 7.21. The average molecular weight is 350 g/mol. The molecule has 0 spiro atoms. The zero-order valence-corrected chi connectivity index (χ0v) is 13.5. The first-order valence-electron chi connectivity index (χ1n) is 7.21. The Morgan fingerprint density at radius 1 is 1.08 bits per heavy atom. The standard InChI is InChI=1S/C17H16F2N2O4/c1-10(22)20-12-6-7-15(24-2)14(9-12)21-16(23)11-4-3-5-13(8-11)25-17(18)19/h3-9,17H,1-2H3,(H,20,22)(H,21,23). The number of rotatable bonds is 6. The van der Waals surface area contributed by atoms with Gasteiger partial charge in [0.2, 0.25) is 5.91 Å². The second kappa shape index (κ2) is 8.09. The number of ether oxygens (including phenoxy) is 2. The van der Waals surface area contributed by atoms with Gasteiger partial charge >= 0.3 is 6.61 Å². The molecule has 25 heavy (non-hydrogen) atoms. The Bertz CT molecular complexity index is 781. The minimum Gasteiger partial charge on any atom is -0.495 e. The molecule has 0 atom stereocenters. The number of benzene rings is 2. The van der Waals surface area contributed by atoms with Crippen LogP contribution in [0.2, 0.25) is 0 Å². The van der Waals surface area contributed by atoms with Gasteiger partial charge in [0, 0.05) is 18.2 Å². The highest BCUT2D eigenvalue weighted by Crippen LogP contribution is 2.28. The van der Waals surface area contributed by atoms with Crippen molar-refractivity contribution in [3.05, 3.63) is 48.0 Å². The first kappa shape index (κ1) is 18.2. The van der Waals surface area contributed by atoms with Crippen LogP contribution in [0.15, 0.2) is 42.5 Å². The molecule has 132 valence electrons. The number of methoxy groups -OCH3 is 1. The molecule has 6 nitrogen and oxygen atoms in total. The van der Waals surface area contributed by atoms with Crippen LogP contribution in [0.1, 0.15) is 17.3 Å². The van der Waals surface area contributed by atoms with Crippen molar-refractivity contribution in [2.45, 2.75) is 13.5 Å². The van der Waals surface area contributed by atoms with Crippen molar-refractivity contribution < 1.29 is 27.8 Å². The van der Waals surface area contributed by atoms with Gasteiger partial charge in [-0.3, -0.25) is 9.59 Å². The zero-order chi connectivity index (χ0) is 18.4. The third kappa shape index (κ3) is 5.17. The number of anilines is 2. The van der Waals surface area contributed by atoms with Crippen LogP contribution in [0.25, 0.3) is 0 Å². The molecule has 2 amide bonds. The third-order valence-electron chi connectivity index (χ3n) is 3.09. The molecule has 0 saturated heterocycles. The summed E-state index contributed by atoms with van der Waals surface area (Å²) in [6.45, 7) is -1.62. The number of amides is 2. The highest BCUT2D eigenvalue weighted by atomic mass is 19.3. The van der Waals surface area contributed by atoms with Gasteiger partial charge in [0.05, 0.1) is 12.8 Å². The third-order valence-corrected chi connectivity index (χ3v) is 3.09. The minimum absolute atomic E-state index is 0.124. The summed E-state index contributed by atoms with van der Waals surface area (Å²) in [6.07, 6.45) is 0. The molecule has 2 aromatic carbocycles. The van der Waals surface area contributed by atoms with Gasteiger partial charge in [0.15, 0.2) is 0 Å². The van der Waals surface area contributed by atoms with Crippen molar-refractivity contribution in [2.75, 3.05) is 17.7 Å². The lowest BCUT2D eigenvalue weighted by atomic mass is 10.2. The van der Waals surface area contributed by atoms with Crippen LogP contribution in [0.4, 0.5) is 20.2 Å². The highest BCUT2D eigenvalue weighted by molar-refractivity contribution is 6.05. The predicted octanol–water partition coefficient (Wildman–Crippen LogP) is 3.51. The SMILES string of the molecule is COc1ccc(NC(C)=O)cc1NC(=O)c1cccc(OC(F)F)c1. The van der Waals surface area contributed by atoms with Gasteiger partial charge in [0.1, 0.15) is 11.5 Å². The topological polar surface area (TPSA) is 76.7 Å². The summed E-state index contributed by atoms with van der Waals surface area (Å²) in [5.74, 6) is -0.554. The van der Waals surface area contributed by atoms with E-state index in [1.54, 1.807) is 12.1 Å². The van der Waals surface area contributed by atoms with Crippen molar-refractivity contribution in [1.29, 1.82) is 0 Å². The number of hydrogen-bond acceptors (Lipinski definition) is 4. The number of hydrogen-bond donors (Lipinski definition) is 2. The molecule has 0 radical (unpaired) electrons. The lowest BCUT2D eigenvalue weighted by molar-refractivity contribution is -0.114. The van der Waals surface area contributed by atoms with Gasteiger partial charge in [-0.25, -0.2) is 0 Å². The number of alkyl halides is 2. The lowest BCUT2D eigenvalue weighted by Gasteiger charge is -2.13. The molecular formula is C17H16F2N2O4. The molecule has 0 aliphatic heterocycles. The molecule has 0 saturated carbocycles. The van der Waals surface area contributed by atoms with Crippen molar-refractivity contribution in [2.24, 2.45) is 0 Å².